The first kappa shape index (κ1) is 42.8. The van der Waals surface area contributed by atoms with Crippen LogP contribution in [-0.4, -0.2) is 46.1 Å². The van der Waals surface area contributed by atoms with Gasteiger partial charge < -0.3 is 20.6 Å². The Hall–Kier alpha value is -1.17. The zero-order valence-electron chi connectivity index (χ0n) is 29.3. The van der Waals surface area contributed by atoms with Gasteiger partial charge in [-0.1, -0.05) is 186 Å². The molecule has 5 nitrogen and oxygen atoms in total. The molecule has 0 spiro atoms. The minimum Gasteiger partial charge on any atom is -0.394 e. The zero-order chi connectivity index (χ0) is 32.4. The van der Waals surface area contributed by atoms with E-state index in [0.29, 0.717) is 6.42 Å². The van der Waals surface area contributed by atoms with Gasteiger partial charge in [0.1, 0.15) is 6.10 Å². The minimum atomic E-state index is -1.10. The Balaban J connectivity index is 3.63. The lowest BCUT2D eigenvalue weighted by molar-refractivity contribution is -0.131. The number of nitrogens with one attached hydrogen (secondary N) is 1. The number of hydrogen-bond acceptors (Lipinski definition) is 4. The van der Waals surface area contributed by atoms with Crippen LogP contribution in [0.15, 0.2) is 24.3 Å². The molecule has 3 atom stereocenters. The van der Waals surface area contributed by atoms with E-state index < -0.39 is 24.2 Å². The van der Waals surface area contributed by atoms with Crippen molar-refractivity contribution in [1.82, 2.24) is 5.32 Å². The van der Waals surface area contributed by atoms with Gasteiger partial charge in [0.05, 0.1) is 18.8 Å². The summed E-state index contributed by atoms with van der Waals surface area (Å²) in [4.78, 5) is 12.4. The van der Waals surface area contributed by atoms with Crippen LogP contribution in [0.25, 0.3) is 0 Å². The van der Waals surface area contributed by atoms with Crippen LogP contribution in [0, 0.1) is 0 Å². The zero-order valence-corrected chi connectivity index (χ0v) is 29.3. The molecule has 4 N–H and O–H groups in total. The highest BCUT2D eigenvalue weighted by Crippen LogP contribution is 2.15. The predicted octanol–water partition coefficient (Wildman–Crippen LogP) is 10.3. The summed E-state index contributed by atoms with van der Waals surface area (Å²) in [7, 11) is 0. The topological polar surface area (TPSA) is 89.8 Å². The lowest BCUT2D eigenvalue weighted by atomic mass is 10.0. The summed E-state index contributed by atoms with van der Waals surface area (Å²) in [5.41, 5.74) is 0. The molecule has 0 fully saturated rings. The van der Waals surface area contributed by atoms with Gasteiger partial charge in [-0.2, -0.15) is 0 Å². The molecule has 0 aromatic rings. The lowest BCUT2D eigenvalue weighted by Crippen LogP contribution is -2.48. The van der Waals surface area contributed by atoms with Crippen molar-refractivity contribution in [3.05, 3.63) is 24.3 Å². The van der Waals surface area contributed by atoms with E-state index in [0.717, 1.165) is 38.5 Å². The van der Waals surface area contributed by atoms with E-state index in [4.69, 9.17) is 0 Å². The molecular weight excluding hydrogens is 546 g/mol. The maximum Gasteiger partial charge on any atom is 0.249 e. The third-order valence-electron chi connectivity index (χ3n) is 8.79. The average Bonchev–Trinajstić information content (AvgIpc) is 3.03. The third-order valence-corrected chi connectivity index (χ3v) is 8.79. The second-order valence-corrected chi connectivity index (χ2v) is 13.1. The molecule has 3 unspecified atom stereocenters. The van der Waals surface area contributed by atoms with Crippen LogP contribution in [0.5, 0.6) is 0 Å². The number of amides is 1. The molecule has 0 saturated carbocycles. The van der Waals surface area contributed by atoms with E-state index in [9.17, 15) is 20.1 Å². The molecule has 0 aliphatic carbocycles. The van der Waals surface area contributed by atoms with Gasteiger partial charge in [0, 0.05) is 0 Å². The van der Waals surface area contributed by atoms with Gasteiger partial charge in [0.25, 0.3) is 0 Å². The fraction of sp³-hybridized carbons (Fsp3) is 0.872. The summed E-state index contributed by atoms with van der Waals surface area (Å²) in [6, 6.07) is -0.808. The first-order chi connectivity index (χ1) is 21.6. The minimum absolute atomic E-state index is 0.374. The monoisotopic (exact) mass is 622 g/mol. The quantitative estimate of drug-likeness (QED) is 0.0425. The van der Waals surface area contributed by atoms with Crippen LogP contribution >= 0.6 is 0 Å². The Morgan fingerprint density at radius 1 is 0.545 bits per heavy atom. The van der Waals surface area contributed by atoms with Gasteiger partial charge in [-0.05, 0) is 32.1 Å². The summed E-state index contributed by atoms with van der Waals surface area (Å²) >= 11 is 0. The molecule has 260 valence electrons. The molecule has 44 heavy (non-hydrogen) atoms. The Morgan fingerprint density at radius 3 is 1.39 bits per heavy atom. The number of allylic oxidation sites excluding steroid dienone is 3. The summed E-state index contributed by atoms with van der Waals surface area (Å²) in [6.45, 7) is 4.11. The highest BCUT2D eigenvalue weighted by Gasteiger charge is 2.22. The number of carbonyl (C=O) groups excluding carboxylic acids is 1. The molecule has 0 radical (unpaired) electrons. The predicted molar refractivity (Wildman–Crippen MR) is 190 cm³/mol. The first-order valence-electron chi connectivity index (χ1n) is 19.2. The highest BCUT2D eigenvalue weighted by atomic mass is 16.3. The van der Waals surface area contributed by atoms with Gasteiger partial charge in [0.15, 0.2) is 0 Å². The van der Waals surface area contributed by atoms with Gasteiger partial charge in [-0.15, -0.1) is 0 Å². The van der Waals surface area contributed by atoms with E-state index in [1.165, 1.54) is 135 Å². The van der Waals surface area contributed by atoms with E-state index >= 15 is 0 Å². The summed E-state index contributed by atoms with van der Waals surface area (Å²) in [5.74, 6) is -0.514. The number of aliphatic hydroxyl groups excluding tert-OH is 3. The molecule has 0 rings (SSSR count). The molecule has 0 aliphatic rings. The Bertz CT molecular complexity index is 650. The van der Waals surface area contributed by atoms with Crippen molar-refractivity contribution in [3.8, 4) is 0 Å². The summed E-state index contributed by atoms with van der Waals surface area (Å²) < 4.78 is 0. The maximum absolute atomic E-state index is 12.4. The van der Waals surface area contributed by atoms with Crippen LogP contribution in [0.1, 0.15) is 194 Å². The molecule has 1 amide bonds. The third kappa shape index (κ3) is 29.5. The standard InChI is InChI=1S/C39H75NO4/c1-3-5-7-9-11-13-14-15-16-17-18-19-20-21-22-23-24-26-28-30-32-34-38(43)39(44)40-36(35-41)37(42)33-31-29-27-25-12-10-8-6-4-2/h12,25,31,33,36-38,41-43H,3-11,13-24,26-30,32,34-35H2,1-2H3,(H,40,44)/b25-12+,33-31+. The normalized spacial score (nSPS) is 14.0. The molecule has 0 aromatic carbocycles. The molecule has 0 bridgehead atoms. The second-order valence-electron chi connectivity index (χ2n) is 13.1. The molecule has 0 saturated heterocycles. The number of hydrogen-bond donors (Lipinski definition) is 4. The summed E-state index contributed by atoms with van der Waals surface area (Å²) in [5, 5.41) is 32.8. The van der Waals surface area contributed by atoms with Gasteiger partial charge in [-0.3, -0.25) is 4.79 Å². The van der Waals surface area contributed by atoms with E-state index in [1.54, 1.807) is 6.08 Å². The highest BCUT2D eigenvalue weighted by molar-refractivity contribution is 5.80. The van der Waals surface area contributed by atoms with Crippen LogP contribution < -0.4 is 5.32 Å². The Morgan fingerprint density at radius 2 is 0.932 bits per heavy atom. The molecule has 0 aliphatic heterocycles. The first-order valence-corrected chi connectivity index (χ1v) is 19.2. The fourth-order valence-corrected chi connectivity index (χ4v) is 5.73. The Kier molecular flexibility index (Phi) is 33.8. The van der Waals surface area contributed by atoms with Crippen molar-refractivity contribution >= 4 is 5.91 Å². The molecule has 0 heterocycles. The SMILES string of the molecule is CCCCC/C=C/CC/C=C/C(O)C(CO)NC(=O)C(O)CCCCCCCCCCCCCCCCCCCCCCC. The van der Waals surface area contributed by atoms with Crippen LogP contribution in [-0.2, 0) is 4.79 Å². The van der Waals surface area contributed by atoms with Gasteiger partial charge in [-0.25, -0.2) is 0 Å². The second kappa shape index (κ2) is 34.7. The van der Waals surface area contributed by atoms with Crippen molar-refractivity contribution < 1.29 is 20.1 Å². The van der Waals surface area contributed by atoms with Crippen molar-refractivity contribution in [2.45, 2.75) is 212 Å². The van der Waals surface area contributed by atoms with Gasteiger partial charge in [0.2, 0.25) is 5.91 Å². The van der Waals surface area contributed by atoms with E-state index in [1.807, 2.05) is 6.08 Å². The van der Waals surface area contributed by atoms with Crippen molar-refractivity contribution in [1.29, 1.82) is 0 Å². The van der Waals surface area contributed by atoms with Crippen molar-refractivity contribution in [2.75, 3.05) is 6.61 Å². The van der Waals surface area contributed by atoms with E-state index in [2.05, 4.69) is 31.3 Å². The summed E-state index contributed by atoms with van der Waals surface area (Å²) in [6.07, 6.45) is 40.7. The van der Waals surface area contributed by atoms with Crippen LogP contribution in [0.2, 0.25) is 0 Å². The smallest absolute Gasteiger partial charge is 0.249 e. The molecular formula is C39H75NO4. The van der Waals surface area contributed by atoms with Crippen molar-refractivity contribution in [3.63, 3.8) is 0 Å². The molecule has 5 heteroatoms. The fourth-order valence-electron chi connectivity index (χ4n) is 5.73. The average molecular weight is 622 g/mol. The van der Waals surface area contributed by atoms with Crippen LogP contribution in [0.4, 0.5) is 0 Å². The maximum atomic E-state index is 12.4. The lowest BCUT2D eigenvalue weighted by Gasteiger charge is -2.21. The number of unbranched alkanes of at least 4 members (excludes halogenated alkanes) is 24. The largest absolute Gasteiger partial charge is 0.394 e. The number of aliphatic hydroxyl groups is 3. The number of carbonyl (C=O) groups is 1. The number of rotatable bonds is 34. The Labute approximate surface area is 273 Å². The van der Waals surface area contributed by atoms with E-state index in [-0.39, 0.29) is 6.61 Å². The molecule has 0 aromatic heterocycles. The van der Waals surface area contributed by atoms with Gasteiger partial charge >= 0.3 is 0 Å². The van der Waals surface area contributed by atoms with Crippen molar-refractivity contribution in [2.24, 2.45) is 0 Å². The van der Waals surface area contributed by atoms with Crippen LogP contribution in [0.3, 0.4) is 0 Å².